The molecule has 0 aliphatic heterocycles. The minimum absolute atomic E-state index is 0.139. The average molecular weight is 320 g/mol. The number of aliphatic carboxylic acids is 1. The van der Waals surface area contributed by atoms with E-state index >= 15 is 0 Å². The van der Waals surface area contributed by atoms with Crippen molar-refractivity contribution < 1.29 is 19.1 Å². The first kappa shape index (κ1) is 16.6. The van der Waals surface area contributed by atoms with E-state index in [4.69, 9.17) is 5.11 Å². The highest BCUT2D eigenvalue weighted by molar-refractivity contribution is 5.78. The molecule has 1 aromatic carbocycles. The standard InChI is InChI=1S/C15H17FN4O3/c1-10(6-11-4-2-3-5-13(11)16)15(23)17-7-12-8-20(19-18-12)9-14(21)22/h2-5,8,10H,6-7,9H2,1H3,(H,17,23)(H,21,22). The maximum absolute atomic E-state index is 13.6. The Labute approximate surface area is 132 Å². The van der Waals surface area contributed by atoms with Crippen LogP contribution < -0.4 is 5.32 Å². The van der Waals surface area contributed by atoms with Gasteiger partial charge in [0, 0.05) is 5.92 Å². The van der Waals surface area contributed by atoms with Crippen molar-refractivity contribution in [3.63, 3.8) is 0 Å². The summed E-state index contributed by atoms with van der Waals surface area (Å²) in [5.41, 5.74) is 0.945. The molecule has 0 bridgehead atoms. The number of hydrogen-bond acceptors (Lipinski definition) is 4. The molecule has 1 amide bonds. The number of aromatic nitrogens is 3. The maximum Gasteiger partial charge on any atom is 0.325 e. The van der Waals surface area contributed by atoms with E-state index in [1.165, 1.54) is 16.9 Å². The number of rotatable bonds is 7. The van der Waals surface area contributed by atoms with Gasteiger partial charge >= 0.3 is 5.97 Å². The Hall–Kier alpha value is -2.77. The van der Waals surface area contributed by atoms with Crippen molar-refractivity contribution >= 4 is 11.9 Å². The molecule has 0 radical (unpaired) electrons. The second kappa shape index (κ2) is 7.48. The fourth-order valence-electron chi connectivity index (χ4n) is 2.07. The van der Waals surface area contributed by atoms with Gasteiger partial charge in [0.05, 0.1) is 12.7 Å². The van der Waals surface area contributed by atoms with Crippen molar-refractivity contribution in [3.8, 4) is 0 Å². The van der Waals surface area contributed by atoms with Crippen molar-refractivity contribution in [3.05, 3.63) is 47.5 Å². The molecule has 2 aromatic rings. The van der Waals surface area contributed by atoms with Crippen molar-refractivity contribution in [1.29, 1.82) is 0 Å². The van der Waals surface area contributed by atoms with Crippen LogP contribution in [-0.2, 0) is 29.1 Å². The van der Waals surface area contributed by atoms with Crippen molar-refractivity contribution in [2.45, 2.75) is 26.4 Å². The lowest BCUT2D eigenvalue weighted by atomic mass is 10.00. The first-order valence-corrected chi connectivity index (χ1v) is 7.07. The van der Waals surface area contributed by atoms with Crippen LogP contribution in [0.2, 0.25) is 0 Å². The largest absolute Gasteiger partial charge is 0.480 e. The molecule has 0 fully saturated rings. The highest BCUT2D eigenvalue weighted by Gasteiger charge is 2.15. The Bertz CT molecular complexity index is 702. The van der Waals surface area contributed by atoms with Crippen LogP contribution >= 0.6 is 0 Å². The van der Waals surface area contributed by atoms with Gasteiger partial charge in [0.1, 0.15) is 18.1 Å². The molecule has 1 atom stereocenters. The number of nitrogens with zero attached hydrogens (tertiary/aromatic N) is 3. The Kier molecular flexibility index (Phi) is 5.40. The number of carbonyl (C=O) groups excluding carboxylic acids is 1. The van der Waals surface area contributed by atoms with E-state index in [-0.39, 0.29) is 24.8 Å². The summed E-state index contributed by atoms with van der Waals surface area (Å²) in [6.07, 6.45) is 1.75. The fraction of sp³-hybridized carbons (Fsp3) is 0.333. The summed E-state index contributed by atoms with van der Waals surface area (Å²) in [6.45, 7) is 1.56. The zero-order chi connectivity index (χ0) is 16.8. The van der Waals surface area contributed by atoms with Crippen molar-refractivity contribution in [2.24, 2.45) is 5.92 Å². The molecular formula is C15H17FN4O3. The smallest absolute Gasteiger partial charge is 0.325 e. The number of carbonyl (C=O) groups is 2. The Morgan fingerprint density at radius 2 is 2.13 bits per heavy atom. The summed E-state index contributed by atoms with van der Waals surface area (Å²) in [7, 11) is 0. The van der Waals surface area contributed by atoms with Gasteiger partial charge in [-0.3, -0.25) is 9.59 Å². The highest BCUT2D eigenvalue weighted by atomic mass is 19.1. The van der Waals surface area contributed by atoms with Crippen LogP contribution in [0.15, 0.2) is 30.5 Å². The normalized spacial score (nSPS) is 11.9. The molecule has 2 rings (SSSR count). The van der Waals surface area contributed by atoms with E-state index < -0.39 is 11.9 Å². The molecule has 1 unspecified atom stereocenters. The summed E-state index contributed by atoms with van der Waals surface area (Å²) in [5, 5.41) is 18.7. The van der Waals surface area contributed by atoms with Crippen LogP contribution in [0.3, 0.4) is 0 Å². The van der Waals surface area contributed by atoms with E-state index in [0.717, 1.165) is 0 Å². The van der Waals surface area contributed by atoms with Gasteiger partial charge in [0.15, 0.2) is 0 Å². The molecular weight excluding hydrogens is 303 g/mol. The number of benzene rings is 1. The maximum atomic E-state index is 13.6. The van der Waals surface area contributed by atoms with Crippen LogP contribution in [0.5, 0.6) is 0 Å². The molecule has 0 saturated heterocycles. The average Bonchev–Trinajstić information content (AvgIpc) is 2.93. The zero-order valence-electron chi connectivity index (χ0n) is 12.6. The van der Waals surface area contributed by atoms with Crippen molar-refractivity contribution in [2.75, 3.05) is 0 Å². The molecule has 2 N–H and O–H groups in total. The summed E-state index contributed by atoms with van der Waals surface area (Å²) in [4.78, 5) is 22.6. The SMILES string of the molecule is CC(Cc1ccccc1F)C(=O)NCc1cn(CC(=O)O)nn1. The lowest BCUT2D eigenvalue weighted by Gasteiger charge is -2.12. The second-order valence-electron chi connectivity index (χ2n) is 5.22. The van der Waals surface area contributed by atoms with Crippen LogP contribution in [0.1, 0.15) is 18.2 Å². The first-order chi connectivity index (χ1) is 11.0. The first-order valence-electron chi connectivity index (χ1n) is 7.07. The third kappa shape index (κ3) is 4.87. The number of carboxylic acid groups (broad SMARTS) is 1. The number of carboxylic acids is 1. The molecule has 8 heteroatoms. The molecule has 0 aliphatic rings. The summed E-state index contributed by atoms with van der Waals surface area (Å²) < 4.78 is 14.7. The van der Waals surface area contributed by atoms with Crippen LogP contribution in [0, 0.1) is 11.7 Å². The molecule has 0 saturated carbocycles. The van der Waals surface area contributed by atoms with E-state index in [0.29, 0.717) is 17.7 Å². The van der Waals surface area contributed by atoms with Crippen LogP contribution in [0.25, 0.3) is 0 Å². The van der Waals surface area contributed by atoms with E-state index in [1.54, 1.807) is 25.1 Å². The van der Waals surface area contributed by atoms with E-state index in [9.17, 15) is 14.0 Å². The van der Waals surface area contributed by atoms with Gasteiger partial charge in [0.25, 0.3) is 0 Å². The summed E-state index contributed by atoms with van der Waals surface area (Å²) >= 11 is 0. The number of nitrogens with one attached hydrogen (secondary N) is 1. The Balaban J connectivity index is 1.85. The lowest BCUT2D eigenvalue weighted by molar-refractivity contribution is -0.138. The van der Waals surface area contributed by atoms with Gasteiger partial charge in [-0.2, -0.15) is 0 Å². The molecule has 0 spiro atoms. The highest BCUT2D eigenvalue weighted by Crippen LogP contribution is 2.12. The predicted molar refractivity (Wildman–Crippen MR) is 78.8 cm³/mol. The lowest BCUT2D eigenvalue weighted by Crippen LogP contribution is -2.30. The van der Waals surface area contributed by atoms with Gasteiger partial charge in [-0.15, -0.1) is 5.10 Å². The van der Waals surface area contributed by atoms with Gasteiger partial charge in [-0.25, -0.2) is 9.07 Å². The van der Waals surface area contributed by atoms with Crippen molar-refractivity contribution in [1.82, 2.24) is 20.3 Å². The molecule has 23 heavy (non-hydrogen) atoms. The zero-order valence-corrected chi connectivity index (χ0v) is 12.6. The summed E-state index contributed by atoms with van der Waals surface area (Å²) in [5.74, 6) is -1.99. The molecule has 1 aromatic heterocycles. The van der Waals surface area contributed by atoms with Gasteiger partial charge in [0.2, 0.25) is 5.91 Å². The molecule has 0 aliphatic carbocycles. The topological polar surface area (TPSA) is 97.1 Å². The molecule has 122 valence electrons. The van der Waals surface area contributed by atoms with E-state index in [2.05, 4.69) is 15.6 Å². The van der Waals surface area contributed by atoms with Crippen LogP contribution in [0.4, 0.5) is 4.39 Å². The molecule has 1 heterocycles. The number of hydrogen-bond donors (Lipinski definition) is 2. The second-order valence-corrected chi connectivity index (χ2v) is 5.22. The fourth-order valence-corrected chi connectivity index (χ4v) is 2.07. The van der Waals surface area contributed by atoms with E-state index in [1.807, 2.05) is 0 Å². The Morgan fingerprint density at radius 1 is 1.39 bits per heavy atom. The minimum Gasteiger partial charge on any atom is -0.480 e. The Morgan fingerprint density at radius 3 is 2.83 bits per heavy atom. The molecule has 7 nitrogen and oxygen atoms in total. The van der Waals surface area contributed by atoms with Gasteiger partial charge in [-0.05, 0) is 18.1 Å². The quantitative estimate of drug-likeness (QED) is 0.793. The monoisotopic (exact) mass is 320 g/mol. The van der Waals surface area contributed by atoms with Gasteiger partial charge < -0.3 is 10.4 Å². The third-order valence-electron chi connectivity index (χ3n) is 3.26. The number of amides is 1. The minimum atomic E-state index is -1.02. The van der Waals surface area contributed by atoms with Gasteiger partial charge in [-0.1, -0.05) is 30.3 Å². The van der Waals surface area contributed by atoms with Crippen LogP contribution in [-0.4, -0.2) is 32.0 Å². The predicted octanol–water partition coefficient (Wildman–Crippen LogP) is 0.997. The number of halogens is 1. The third-order valence-corrected chi connectivity index (χ3v) is 3.26. The summed E-state index contributed by atoms with van der Waals surface area (Å²) in [6, 6.07) is 6.34.